The van der Waals surface area contributed by atoms with Gasteiger partial charge in [0.05, 0.1) is 13.2 Å². The Bertz CT molecular complexity index is 257. The summed E-state index contributed by atoms with van der Waals surface area (Å²) in [6.45, 7) is 22.5. The van der Waals surface area contributed by atoms with Crippen molar-refractivity contribution < 1.29 is 18.3 Å². The number of allylic oxidation sites excluding steroid dienone is 2. The Hall–Kier alpha value is -1.32. The summed E-state index contributed by atoms with van der Waals surface area (Å²) in [4.78, 5) is 0. The van der Waals surface area contributed by atoms with Gasteiger partial charge in [-0.3, -0.25) is 0 Å². The minimum atomic E-state index is -1.18. The van der Waals surface area contributed by atoms with Gasteiger partial charge in [-0.1, -0.05) is 67.5 Å². The van der Waals surface area contributed by atoms with E-state index in [2.05, 4.69) is 36.5 Å². The van der Waals surface area contributed by atoms with Gasteiger partial charge in [-0.25, -0.2) is 0 Å². The molecule has 0 bridgehead atoms. The summed E-state index contributed by atoms with van der Waals surface area (Å²) >= 11 is 0. The van der Waals surface area contributed by atoms with Crippen LogP contribution < -0.4 is 0 Å². The van der Waals surface area contributed by atoms with Gasteiger partial charge in [0.25, 0.3) is 0 Å². The standard InChI is InChI=1S/C10H14F2O2.C4H10.2C2H6/c1-5-13-7(3)9(11)10(12)8(4)14-6-2;1-3-4-2;2*1-2/h3-6H2,1-2H3;3-4H2,1-2H3;2*1-2H3/b10-9-;;;. The van der Waals surface area contributed by atoms with Crippen molar-refractivity contribution in [1.29, 1.82) is 0 Å². The van der Waals surface area contributed by atoms with E-state index in [0.717, 1.165) is 0 Å². The Morgan fingerprint density at radius 1 is 0.682 bits per heavy atom. The van der Waals surface area contributed by atoms with Crippen LogP contribution in [0.15, 0.2) is 36.3 Å². The predicted octanol–water partition coefficient (Wildman–Crippen LogP) is 7.10. The highest BCUT2D eigenvalue weighted by molar-refractivity contribution is 5.29. The van der Waals surface area contributed by atoms with Crippen LogP contribution in [0.25, 0.3) is 0 Å². The van der Waals surface area contributed by atoms with Crippen molar-refractivity contribution in [1.82, 2.24) is 0 Å². The molecule has 0 radical (unpaired) electrons. The number of hydrogen-bond acceptors (Lipinski definition) is 2. The lowest BCUT2D eigenvalue weighted by Crippen LogP contribution is -1.97. The van der Waals surface area contributed by atoms with Crippen LogP contribution in [0.4, 0.5) is 8.78 Å². The van der Waals surface area contributed by atoms with E-state index in [1.807, 2.05) is 27.7 Å². The third-order valence-electron chi connectivity index (χ3n) is 1.82. The van der Waals surface area contributed by atoms with Crippen LogP contribution in [0.3, 0.4) is 0 Å². The van der Waals surface area contributed by atoms with Crippen LogP contribution in [0, 0.1) is 0 Å². The quantitative estimate of drug-likeness (QED) is 0.368. The largest absolute Gasteiger partial charge is 0.491 e. The normalized spacial score (nSPS) is 9.36. The second-order valence-corrected chi connectivity index (χ2v) is 3.34. The third-order valence-corrected chi connectivity index (χ3v) is 1.82. The van der Waals surface area contributed by atoms with E-state index in [4.69, 9.17) is 0 Å². The van der Waals surface area contributed by atoms with Gasteiger partial charge in [0, 0.05) is 0 Å². The number of hydrogen-bond donors (Lipinski definition) is 0. The van der Waals surface area contributed by atoms with E-state index in [0.29, 0.717) is 0 Å². The van der Waals surface area contributed by atoms with E-state index in [1.165, 1.54) is 12.8 Å². The Labute approximate surface area is 136 Å². The molecule has 134 valence electrons. The average molecular weight is 322 g/mol. The lowest BCUT2D eigenvalue weighted by atomic mass is 10.3. The molecule has 0 unspecified atom stereocenters. The molecule has 0 amide bonds. The molecule has 4 heteroatoms. The summed E-state index contributed by atoms with van der Waals surface area (Å²) in [7, 11) is 0. The van der Waals surface area contributed by atoms with Crippen molar-refractivity contribution in [2.45, 2.75) is 68.2 Å². The smallest absolute Gasteiger partial charge is 0.203 e. The monoisotopic (exact) mass is 322 g/mol. The zero-order valence-corrected chi connectivity index (χ0v) is 15.8. The highest BCUT2D eigenvalue weighted by Crippen LogP contribution is 2.22. The molecule has 0 aromatic carbocycles. The molecule has 0 rings (SSSR count). The molecule has 0 aromatic heterocycles. The Morgan fingerprint density at radius 2 is 0.909 bits per heavy atom. The minimum absolute atomic E-state index is 0.223. The molecular weight excluding hydrogens is 286 g/mol. The average Bonchev–Trinajstić information content (AvgIpc) is 2.57. The third kappa shape index (κ3) is 18.7. The van der Waals surface area contributed by atoms with E-state index in [1.54, 1.807) is 13.8 Å². The molecule has 0 fully saturated rings. The molecule has 22 heavy (non-hydrogen) atoms. The second kappa shape index (κ2) is 24.7. The molecule has 0 saturated heterocycles. The molecule has 0 atom stereocenters. The van der Waals surface area contributed by atoms with Gasteiger partial charge in [-0.15, -0.1) is 0 Å². The molecular formula is C18H36F2O2. The molecule has 0 aliphatic carbocycles. The zero-order chi connectivity index (χ0) is 18.6. The highest BCUT2D eigenvalue weighted by Gasteiger charge is 2.14. The number of ether oxygens (including phenoxy) is 2. The van der Waals surface area contributed by atoms with Gasteiger partial charge in [0.1, 0.15) is 0 Å². The fourth-order valence-corrected chi connectivity index (χ4v) is 0.720. The Morgan fingerprint density at radius 3 is 1.05 bits per heavy atom. The topological polar surface area (TPSA) is 18.5 Å². The van der Waals surface area contributed by atoms with Gasteiger partial charge in [-0.2, -0.15) is 8.78 Å². The fourth-order valence-electron chi connectivity index (χ4n) is 0.720. The van der Waals surface area contributed by atoms with Crippen molar-refractivity contribution in [3.05, 3.63) is 36.3 Å². The molecule has 0 N–H and O–H groups in total. The molecule has 0 spiro atoms. The summed E-state index contributed by atoms with van der Waals surface area (Å²) in [5.74, 6) is -3.06. The maximum absolute atomic E-state index is 13.1. The first-order valence-corrected chi connectivity index (χ1v) is 8.15. The predicted molar refractivity (Wildman–Crippen MR) is 94.1 cm³/mol. The maximum atomic E-state index is 13.1. The summed E-state index contributed by atoms with van der Waals surface area (Å²) in [5, 5.41) is 0. The summed E-state index contributed by atoms with van der Waals surface area (Å²) in [5.41, 5.74) is 0. The Balaban J connectivity index is -0.000000170. The van der Waals surface area contributed by atoms with Crippen molar-refractivity contribution in [2.75, 3.05) is 13.2 Å². The first kappa shape index (κ1) is 28.8. The van der Waals surface area contributed by atoms with E-state index in [-0.39, 0.29) is 24.7 Å². The first-order chi connectivity index (χ1) is 10.5. The van der Waals surface area contributed by atoms with Gasteiger partial charge in [-0.05, 0) is 13.8 Å². The second-order valence-electron chi connectivity index (χ2n) is 3.34. The lowest BCUT2D eigenvalue weighted by Gasteiger charge is -2.07. The summed E-state index contributed by atoms with van der Waals surface area (Å²) in [6.07, 6.45) is 2.64. The van der Waals surface area contributed by atoms with Crippen molar-refractivity contribution in [2.24, 2.45) is 0 Å². The first-order valence-electron chi connectivity index (χ1n) is 8.15. The van der Waals surface area contributed by atoms with Crippen LogP contribution in [0.2, 0.25) is 0 Å². The van der Waals surface area contributed by atoms with Gasteiger partial charge in [0.15, 0.2) is 11.5 Å². The Kier molecular flexibility index (Phi) is 32.3. The fraction of sp³-hybridized carbons (Fsp3) is 0.667. The molecule has 0 aliphatic rings. The van der Waals surface area contributed by atoms with Crippen molar-refractivity contribution >= 4 is 0 Å². The minimum Gasteiger partial charge on any atom is -0.491 e. The van der Waals surface area contributed by atoms with Gasteiger partial charge in [0.2, 0.25) is 11.7 Å². The molecule has 0 aliphatic heterocycles. The van der Waals surface area contributed by atoms with Crippen LogP contribution in [0.5, 0.6) is 0 Å². The molecule has 0 saturated carbocycles. The molecule has 2 nitrogen and oxygen atoms in total. The van der Waals surface area contributed by atoms with Crippen LogP contribution >= 0.6 is 0 Å². The summed E-state index contributed by atoms with van der Waals surface area (Å²) < 4.78 is 35.6. The van der Waals surface area contributed by atoms with Crippen molar-refractivity contribution in [3.63, 3.8) is 0 Å². The SMILES string of the molecule is C=C(OCC)/C(F)=C(/F)C(=C)OCC.CC.CC.CCCC. The lowest BCUT2D eigenvalue weighted by molar-refractivity contribution is 0.208. The highest BCUT2D eigenvalue weighted by atomic mass is 19.2. The van der Waals surface area contributed by atoms with Gasteiger partial charge >= 0.3 is 0 Å². The van der Waals surface area contributed by atoms with Crippen LogP contribution in [0.1, 0.15) is 68.2 Å². The maximum Gasteiger partial charge on any atom is 0.203 e. The van der Waals surface area contributed by atoms with Crippen molar-refractivity contribution in [3.8, 4) is 0 Å². The number of unbranched alkanes of at least 4 members (excludes halogenated alkanes) is 1. The number of halogens is 2. The molecule has 0 heterocycles. The van der Waals surface area contributed by atoms with Gasteiger partial charge < -0.3 is 9.47 Å². The van der Waals surface area contributed by atoms with E-state index in [9.17, 15) is 8.78 Å². The van der Waals surface area contributed by atoms with Crippen LogP contribution in [-0.4, -0.2) is 13.2 Å². The molecule has 0 aromatic rings. The van der Waals surface area contributed by atoms with E-state index >= 15 is 0 Å². The zero-order valence-electron chi connectivity index (χ0n) is 15.8. The number of rotatable bonds is 7. The van der Waals surface area contributed by atoms with E-state index < -0.39 is 11.7 Å². The summed E-state index contributed by atoms with van der Waals surface area (Å²) in [6, 6.07) is 0. The van der Waals surface area contributed by atoms with Crippen LogP contribution in [-0.2, 0) is 9.47 Å².